The molecule has 1 aromatic carbocycles. The minimum Gasteiger partial charge on any atom is -0.318 e. The Morgan fingerprint density at radius 3 is 3.05 bits per heavy atom. The van der Waals surface area contributed by atoms with Crippen LogP contribution in [0.4, 0.5) is 0 Å². The quantitative estimate of drug-likeness (QED) is 0.853. The van der Waals surface area contributed by atoms with Crippen LogP contribution in [0.5, 0.6) is 0 Å². The summed E-state index contributed by atoms with van der Waals surface area (Å²) in [7, 11) is 0. The average molecular weight is 311 g/mol. The van der Waals surface area contributed by atoms with E-state index >= 15 is 0 Å². The fourth-order valence-corrected chi connectivity index (χ4v) is 3.75. The highest BCUT2D eigenvalue weighted by Crippen LogP contribution is 2.36. The summed E-state index contributed by atoms with van der Waals surface area (Å²) in [5, 5.41) is 5.89. The molecule has 6 heteroatoms. The molecule has 0 N–H and O–H groups in total. The van der Waals surface area contributed by atoms with Gasteiger partial charge in [0.15, 0.2) is 0 Å². The number of thioether (sulfide) groups is 1. The number of hydrogen-bond acceptors (Lipinski definition) is 6. The standard InChI is InChI=1S/C16H13N3O2S/c20-16(11-4-3-7-17-8-11)21-19-9-12-10-22-14-6-2-1-5-13(14)15(12)18-19/h1-8,12H,9-10H2. The van der Waals surface area contributed by atoms with Gasteiger partial charge in [0.2, 0.25) is 0 Å². The normalized spacial score (nSPS) is 19.2. The minimum absolute atomic E-state index is 0.293. The first kappa shape index (κ1) is 13.3. The van der Waals surface area contributed by atoms with E-state index in [0.717, 1.165) is 17.0 Å². The van der Waals surface area contributed by atoms with E-state index in [1.807, 2.05) is 23.9 Å². The Morgan fingerprint density at radius 1 is 1.27 bits per heavy atom. The van der Waals surface area contributed by atoms with Crippen LogP contribution >= 0.6 is 11.8 Å². The van der Waals surface area contributed by atoms with Gasteiger partial charge in [-0.05, 0) is 18.2 Å². The van der Waals surface area contributed by atoms with E-state index in [2.05, 4.69) is 22.2 Å². The minimum atomic E-state index is -0.433. The third-order valence-electron chi connectivity index (χ3n) is 3.67. The van der Waals surface area contributed by atoms with Crippen molar-refractivity contribution in [1.29, 1.82) is 0 Å². The molecule has 0 saturated heterocycles. The number of pyridine rings is 1. The Labute approximate surface area is 131 Å². The van der Waals surface area contributed by atoms with Crippen molar-refractivity contribution in [3.05, 3.63) is 59.9 Å². The van der Waals surface area contributed by atoms with Gasteiger partial charge in [-0.2, -0.15) is 0 Å². The summed E-state index contributed by atoms with van der Waals surface area (Å²) in [6, 6.07) is 11.6. The molecule has 4 rings (SSSR count). The zero-order valence-electron chi connectivity index (χ0n) is 11.7. The summed E-state index contributed by atoms with van der Waals surface area (Å²) in [6.07, 6.45) is 3.11. The van der Waals surface area contributed by atoms with Crippen LogP contribution in [-0.2, 0) is 4.84 Å². The summed E-state index contributed by atoms with van der Waals surface area (Å²) in [4.78, 5) is 22.6. The summed E-state index contributed by atoms with van der Waals surface area (Å²) in [6.45, 7) is 0.600. The molecule has 0 aliphatic carbocycles. The second-order valence-electron chi connectivity index (χ2n) is 5.14. The Kier molecular flexibility index (Phi) is 3.31. The topological polar surface area (TPSA) is 54.8 Å². The SMILES string of the molecule is O=C(ON1CC2CSc3ccccc3C2=N1)c1cccnc1. The maximum atomic E-state index is 12.1. The molecule has 2 aliphatic rings. The van der Waals surface area contributed by atoms with Gasteiger partial charge in [-0.15, -0.1) is 22.0 Å². The van der Waals surface area contributed by atoms with Gasteiger partial charge in [0.05, 0.1) is 17.8 Å². The molecule has 2 aliphatic heterocycles. The lowest BCUT2D eigenvalue weighted by Gasteiger charge is -2.20. The molecule has 2 aromatic rings. The molecule has 22 heavy (non-hydrogen) atoms. The van der Waals surface area contributed by atoms with Crippen molar-refractivity contribution in [1.82, 2.24) is 10.2 Å². The molecule has 0 bridgehead atoms. The third kappa shape index (κ3) is 2.35. The molecule has 3 heterocycles. The molecular formula is C16H13N3O2S. The van der Waals surface area contributed by atoms with Gasteiger partial charge in [0.25, 0.3) is 0 Å². The largest absolute Gasteiger partial charge is 0.366 e. The van der Waals surface area contributed by atoms with Crippen LogP contribution in [0.3, 0.4) is 0 Å². The number of aromatic nitrogens is 1. The zero-order valence-corrected chi connectivity index (χ0v) is 12.5. The first-order valence-corrected chi connectivity index (χ1v) is 8.00. The second-order valence-corrected chi connectivity index (χ2v) is 6.21. The maximum Gasteiger partial charge on any atom is 0.366 e. The first-order chi connectivity index (χ1) is 10.8. The Morgan fingerprint density at radius 2 is 2.18 bits per heavy atom. The van der Waals surface area contributed by atoms with Crippen LogP contribution in [0.1, 0.15) is 15.9 Å². The molecule has 0 fully saturated rings. The van der Waals surface area contributed by atoms with Gasteiger partial charge >= 0.3 is 5.97 Å². The van der Waals surface area contributed by atoms with Crippen LogP contribution < -0.4 is 0 Å². The third-order valence-corrected chi connectivity index (χ3v) is 4.91. The Balaban J connectivity index is 1.55. The molecule has 5 nitrogen and oxygen atoms in total. The van der Waals surface area contributed by atoms with E-state index < -0.39 is 5.97 Å². The molecule has 0 spiro atoms. The number of fused-ring (bicyclic) bond motifs is 3. The van der Waals surface area contributed by atoms with Gasteiger partial charge in [-0.25, -0.2) is 4.79 Å². The number of hydroxylamine groups is 1. The highest BCUT2D eigenvalue weighted by atomic mass is 32.2. The van der Waals surface area contributed by atoms with E-state index in [9.17, 15) is 4.79 Å². The molecule has 1 aromatic heterocycles. The van der Waals surface area contributed by atoms with Crippen molar-refractivity contribution in [2.75, 3.05) is 12.3 Å². The van der Waals surface area contributed by atoms with Crippen molar-refractivity contribution >= 4 is 23.4 Å². The highest BCUT2D eigenvalue weighted by Gasteiger charge is 2.34. The van der Waals surface area contributed by atoms with Gasteiger partial charge < -0.3 is 4.84 Å². The number of rotatable bonds is 2. The van der Waals surface area contributed by atoms with E-state index in [-0.39, 0.29) is 0 Å². The van der Waals surface area contributed by atoms with E-state index in [1.54, 1.807) is 18.3 Å². The number of carbonyl (C=O) groups excluding carboxylic acids is 1. The summed E-state index contributed by atoms with van der Waals surface area (Å²) >= 11 is 1.82. The van der Waals surface area contributed by atoms with Crippen LogP contribution in [0.15, 0.2) is 58.8 Å². The first-order valence-electron chi connectivity index (χ1n) is 7.02. The molecule has 0 radical (unpaired) electrons. The molecular weight excluding hydrogens is 298 g/mol. The molecule has 0 amide bonds. The monoisotopic (exact) mass is 311 g/mol. The number of benzene rings is 1. The summed E-state index contributed by atoms with van der Waals surface area (Å²) in [5.74, 6) is 0.815. The van der Waals surface area contributed by atoms with Crippen LogP contribution in [0, 0.1) is 5.92 Å². The van der Waals surface area contributed by atoms with Crippen LogP contribution in [-0.4, -0.2) is 34.1 Å². The van der Waals surface area contributed by atoms with Gasteiger partial charge in [-0.3, -0.25) is 4.98 Å². The van der Waals surface area contributed by atoms with Gasteiger partial charge in [0, 0.05) is 34.5 Å². The number of nitrogens with zero attached hydrogens (tertiary/aromatic N) is 3. The lowest BCUT2D eigenvalue weighted by molar-refractivity contribution is -0.104. The summed E-state index contributed by atoms with van der Waals surface area (Å²) in [5.41, 5.74) is 2.57. The number of hydrazone groups is 1. The smallest absolute Gasteiger partial charge is 0.318 e. The van der Waals surface area contributed by atoms with E-state index in [4.69, 9.17) is 4.84 Å². The average Bonchev–Trinajstić information content (AvgIpc) is 2.98. The Bertz CT molecular complexity index is 748. The molecule has 1 atom stereocenters. The van der Waals surface area contributed by atoms with Gasteiger partial charge in [-0.1, -0.05) is 18.2 Å². The molecule has 110 valence electrons. The lowest BCUT2D eigenvalue weighted by atomic mass is 9.99. The fraction of sp³-hybridized carbons (Fsp3) is 0.188. The van der Waals surface area contributed by atoms with Crippen molar-refractivity contribution in [3.8, 4) is 0 Å². The number of carbonyl (C=O) groups is 1. The van der Waals surface area contributed by atoms with Crippen molar-refractivity contribution in [2.24, 2.45) is 11.0 Å². The van der Waals surface area contributed by atoms with Gasteiger partial charge in [0.1, 0.15) is 0 Å². The van der Waals surface area contributed by atoms with E-state index in [1.165, 1.54) is 16.3 Å². The van der Waals surface area contributed by atoms with Crippen molar-refractivity contribution in [3.63, 3.8) is 0 Å². The predicted octanol–water partition coefficient (Wildman–Crippen LogP) is 2.60. The number of hydrogen-bond donors (Lipinski definition) is 0. The lowest BCUT2D eigenvalue weighted by Crippen LogP contribution is -2.26. The molecule has 1 unspecified atom stereocenters. The van der Waals surface area contributed by atoms with Crippen molar-refractivity contribution in [2.45, 2.75) is 4.90 Å². The Hall–Kier alpha value is -2.34. The summed E-state index contributed by atoms with van der Waals surface area (Å²) < 4.78 is 0. The predicted molar refractivity (Wildman–Crippen MR) is 83.6 cm³/mol. The fourth-order valence-electron chi connectivity index (χ4n) is 2.61. The van der Waals surface area contributed by atoms with E-state index in [0.29, 0.717) is 18.0 Å². The van der Waals surface area contributed by atoms with Crippen LogP contribution in [0.25, 0.3) is 0 Å². The second kappa shape index (κ2) is 5.46. The highest BCUT2D eigenvalue weighted by molar-refractivity contribution is 7.99. The van der Waals surface area contributed by atoms with Crippen molar-refractivity contribution < 1.29 is 9.63 Å². The maximum absolute atomic E-state index is 12.1. The van der Waals surface area contributed by atoms with Crippen LogP contribution in [0.2, 0.25) is 0 Å². The molecule has 0 saturated carbocycles. The zero-order chi connectivity index (χ0) is 14.9.